The number of benzene rings is 2. The number of carbonyl (C=O) groups excluding carboxylic acids is 1. The van der Waals surface area contributed by atoms with Gasteiger partial charge in [-0.25, -0.2) is 4.98 Å². The molecule has 0 spiro atoms. The summed E-state index contributed by atoms with van der Waals surface area (Å²) in [6.07, 6.45) is 3.76. The van der Waals surface area contributed by atoms with Crippen LogP contribution >= 0.6 is 11.3 Å². The number of carbonyl (C=O) groups is 1. The van der Waals surface area contributed by atoms with Crippen LogP contribution in [0.4, 0.5) is 0 Å². The molecule has 0 saturated heterocycles. The summed E-state index contributed by atoms with van der Waals surface area (Å²) in [5.41, 5.74) is 4.78. The van der Waals surface area contributed by atoms with E-state index < -0.39 is 0 Å². The maximum atomic E-state index is 13.2. The number of para-hydroxylation sites is 1. The fourth-order valence-corrected chi connectivity index (χ4v) is 5.07. The molecule has 170 valence electrons. The van der Waals surface area contributed by atoms with Crippen molar-refractivity contribution >= 4 is 28.1 Å². The number of nitrogens with one attached hydrogen (secondary N) is 2. The molecule has 0 saturated carbocycles. The predicted molar refractivity (Wildman–Crippen MR) is 136 cm³/mol. The van der Waals surface area contributed by atoms with Crippen LogP contribution in [0.25, 0.3) is 21.6 Å². The van der Waals surface area contributed by atoms with Crippen molar-refractivity contribution in [2.45, 2.75) is 12.8 Å². The van der Waals surface area contributed by atoms with Crippen LogP contribution in [0.2, 0.25) is 0 Å². The number of ether oxygens (including phenoxy) is 1. The smallest absolute Gasteiger partial charge is 0.263 e. The van der Waals surface area contributed by atoms with Gasteiger partial charge in [0.25, 0.3) is 5.91 Å². The van der Waals surface area contributed by atoms with Crippen molar-refractivity contribution in [1.82, 2.24) is 20.3 Å². The number of rotatable bonds is 7. The number of hydrogen-bond acceptors (Lipinski definition) is 5. The number of fused-ring (bicyclic) bond motifs is 1. The number of pyridine rings is 1. The summed E-state index contributed by atoms with van der Waals surface area (Å²) >= 11 is 1.36. The highest BCUT2D eigenvalue weighted by Gasteiger charge is 2.22. The molecule has 2 N–H and O–H groups in total. The SMILES string of the molecule is COc1ccc(C(CNC(=O)c2sc(-c3ccccn3)nc2C)c2c[nH]c3ccccc23)cc1. The summed E-state index contributed by atoms with van der Waals surface area (Å²) < 4.78 is 5.33. The van der Waals surface area contributed by atoms with Gasteiger partial charge in [0.2, 0.25) is 0 Å². The number of hydrogen-bond donors (Lipinski definition) is 2. The Morgan fingerprint density at radius 2 is 1.88 bits per heavy atom. The Bertz CT molecular complexity index is 1420. The van der Waals surface area contributed by atoms with Crippen LogP contribution in [0, 0.1) is 6.92 Å². The molecule has 1 unspecified atom stereocenters. The summed E-state index contributed by atoms with van der Waals surface area (Å²) in [6.45, 7) is 2.31. The van der Waals surface area contributed by atoms with E-state index in [1.165, 1.54) is 11.3 Å². The molecule has 7 heteroatoms. The van der Waals surface area contributed by atoms with Crippen LogP contribution in [0.1, 0.15) is 32.4 Å². The average molecular weight is 469 g/mol. The van der Waals surface area contributed by atoms with Crippen LogP contribution in [0.5, 0.6) is 5.75 Å². The lowest BCUT2D eigenvalue weighted by molar-refractivity contribution is 0.0955. The van der Waals surface area contributed by atoms with E-state index in [-0.39, 0.29) is 11.8 Å². The number of H-pyrrole nitrogens is 1. The summed E-state index contributed by atoms with van der Waals surface area (Å²) in [5.74, 6) is 0.637. The van der Waals surface area contributed by atoms with Crippen molar-refractivity contribution in [3.05, 3.63) is 101 Å². The molecule has 3 aromatic heterocycles. The number of aromatic amines is 1. The maximum absolute atomic E-state index is 13.2. The first kappa shape index (κ1) is 21.9. The Balaban J connectivity index is 1.43. The first-order valence-corrected chi connectivity index (χ1v) is 11.8. The lowest BCUT2D eigenvalue weighted by Crippen LogP contribution is -2.28. The van der Waals surface area contributed by atoms with Crippen LogP contribution < -0.4 is 10.1 Å². The fraction of sp³-hybridized carbons (Fsp3) is 0.148. The van der Waals surface area contributed by atoms with Gasteiger partial charge in [0.1, 0.15) is 15.6 Å². The molecular weight excluding hydrogens is 444 g/mol. The average Bonchev–Trinajstić information content (AvgIpc) is 3.49. The van der Waals surface area contributed by atoms with Crippen LogP contribution in [-0.2, 0) is 0 Å². The first-order valence-electron chi connectivity index (χ1n) is 11.0. The first-order chi connectivity index (χ1) is 16.6. The van der Waals surface area contributed by atoms with Crippen molar-refractivity contribution in [2.75, 3.05) is 13.7 Å². The van der Waals surface area contributed by atoms with Gasteiger partial charge in [-0.1, -0.05) is 36.4 Å². The Kier molecular flexibility index (Phi) is 6.10. The van der Waals surface area contributed by atoms with Crippen molar-refractivity contribution in [3.8, 4) is 16.5 Å². The molecule has 0 aliphatic carbocycles. The standard InChI is InChI=1S/C27H24N4O2S/c1-17-25(34-27(31-17)24-9-5-6-14-28-24)26(32)30-15-21(18-10-12-19(33-2)13-11-18)22-16-29-23-8-4-3-7-20(22)23/h3-14,16,21,29H,15H2,1-2H3,(H,30,32). The summed E-state index contributed by atoms with van der Waals surface area (Å²) in [4.78, 5) is 26.1. The van der Waals surface area contributed by atoms with Gasteiger partial charge in [-0.3, -0.25) is 9.78 Å². The number of nitrogens with zero attached hydrogens (tertiary/aromatic N) is 2. The van der Waals surface area contributed by atoms with Crippen molar-refractivity contribution < 1.29 is 9.53 Å². The summed E-state index contributed by atoms with van der Waals surface area (Å²) in [5, 5.41) is 5.04. The van der Waals surface area contributed by atoms with Gasteiger partial charge in [-0.15, -0.1) is 11.3 Å². The van der Waals surface area contributed by atoms with E-state index in [9.17, 15) is 4.79 Å². The molecule has 0 bridgehead atoms. The predicted octanol–water partition coefficient (Wildman–Crippen LogP) is 5.57. The van der Waals surface area contributed by atoms with Crippen molar-refractivity contribution in [1.29, 1.82) is 0 Å². The molecule has 0 aliphatic rings. The Labute approximate surface area is 201 Å². The molecule has 1 amide bonds. The van der Waals surface area contributed by atoms with Gasteiger partial charge < -0.3 is 15.0 Å². The Morgan fingerprint density at radius 3 is 2.65 bits per heavy atom. The van der Waals surface area contributed by atoms with Gasteiger partial charge >= 0.3 is 0 Å². The molecule has 0 aliphatic heterocycles. The van der Waals surface area contributed by atoms with Crippen molar-refractivity contribution in [2.24, 2.45) is 0 Å². The van der Waals surface area contributed by atoms with Crippen LogP contribution in [0.15, 0.2) is 79.1 Å². The molecule has 6 nitrogen and oxygen atoms in total. The third-order valence-electron chi connectivity index (χ3n) is 5.87. The van der Waals surface area contributed by atoms with Gasteiger partial charge in [0.15, 0.2) is 0 Å². The minimum absolute atomic E-state index is 0.0329. The Morgan fingerprint density at radius 1 is 1.09 bits per heavy atom. The quantitative estimate of drug-likeness (QED) is 0.327. The second-order valence-corrected chi connectivity index (χ2v) is 8.97. The number of aromatic nitrogens is 3. The van der Waals surface area contributed by atoms with E-state index in [0.717, 1.165) is 38.5 Å². The highest BCUT2D eigenvalue weighted by Crippen LogP contribution is 2.32. The van der Waals surface area contributed by atoms with Gasteiger partial charge in [0, 0.05) is 35.8 Å². The molecular formula is C27H24N4O2S. The van der Waals surface area contributed by atoms with E-state index in [1.54, 1.807) is 13.3 Å². The Hall–Kier alpha value is -3.97. The van der Waals surface area contributed by atoms with E-state index in [1.807, 2.05) is 55.6 Å². The maximum Gasteiger partial charge on any atom is 0.263 e. The van der Waals surface area contributed by atoms with Crippen LogP contribution in [0.3, 0.4) is 0 Å². The lowest BCUT2D eigenvalue weighted by Gasteiger charge is -2.18. The van der Waals surface area contributed by atoms with E-state index >= 15 is 0 Å². The molecule has 1 atom stereocenters. The zero-order valence-corrected chi connectivity index (χ0v) is 19.7. The fourth-order valence-electron chi connectivity index (χ4n) is 4.11. The molecule has 34 heavy (non-hydrogen) atoms. The van der Waals surface area contributed by atoms with E-state index in [0.29, 0.717) is 17.1 Å². The normalized spacial score (nSPS) is 11.9. The minimum atomic E-state index is -0.129. The zero-order valence-electron chi connectivity index (χ0n) is 18.9. The van der Waals surface area contributed by atoms with Crippen molar-refractivity contribution in [3.63, 3.8) is 0 Å². The molecule has 0 radical (unpaired) electrons. The van der Waals surface area contributed by atoms with E-state index in [2.05, 4.69) is 44.5 Å². The monoisotopic (exact) mass is 468 g/mol. The van der Waals surface area contributed by atoms with Crippen LogP contribution in [-0.4, -0.2) is 34.5 Å². The number of methoxy groups -OCH3 is 1. The van der Waals surface area contributed by atoms with Gasteiger partial charge in [0.05, 0.1) is 18.5 Å². The lowest BCUT2D eigenvalue weighted by atomic mass is 9.90. The number of amides is 1. The zero-order chi connectivity index (χ0) is 23.5. The van der Waals surface area contributed by atoms with E-state index in [4.69, 9.17) is 4.74 Å². The largest absolute Gasteiger partial charge is 0.497 e. The molecule has 5 rings (SSSR count). The minimum Gasteiger partial charge on any atom is -0.497 e. The third-order valence-corrected chi connectivity index (χ3v) is 7.05. The number of thiazole rings is 1. The second kappa shape index (κ2) is 9.49. The molecule has 3 heterocycles. The molecule has 0 fully saturated rings. The third kappa shape index (κ3) is 4.30. The summed E-state index contributed by atoms with van der Waals surface area (Å²) in [6, 6.07) is 21.9. The highest BCUT2D eigenvalue weighted by atomic mass is 32.1. The van der Waals surface area contributed by atoms with Gasteiger partial charge in [-0.05, 0) is 48.4 Å². The van der Waals surface area contributed by atoms with Gasteiger partial charge in [-0.2, -0.15) is 0 Å². The molecule has 2 aromatic carbocycles. The highest BCUT2D eigenvalue weighted by molar-refractivity contribution is 7.17. The number of aryl methyl sites for hydroxylation is 1. The molecule has 5 aromatic rings. The summed E-state index contributed by atoms with van der Waals surface area (Å²) in [7, 11) is 1.66. The second-order valence-electron chi connectivity index (χ2n) is 7.97. The topological polar surface area (TPSA) is 79.9 Å².